The smallest absolute Gasteiger partial charge is 0.273 e. The lowest BCUT2D eigenvalue weighted by Gasteiger charge is -2.08. The Bertz CT molecular complexity index is 711. The van der Waals surface area contributed by atoms with E-state index in [-0.39, 0.29) is 11.7 Å². The van der Waals surface area contributed by atoms with E-state index >= 15 is 0 Å². The van der Waals surface area contributed by atoms with Crippen LogP contribution in [0, 0.1) is 6.92 Å². The molecule has 0 bridgehead atoms. The molecule has 0 aliphatic carbocycles. The number of rotatable bonds is 5. The van der Waals surface area contributed by atoms with E-state index < -0.39 is 10.0 Å². The fourth-order valence-corrected chi connectivity index (χ4v) is 2.41. The molecule has 0 unspecified atom stereocenters. The number of ether oxygens (including phenoxy) is 1. The molecular formula is C11H15N5O3S. The molecule has 0 atom stereocenters. The highest BCUT2D eigenvalue weighted by Crippen LogP contribution is 2.20. The normalized spacial score (nSPS) is 11.8. The van der Waals surface area contributed by atoms with E-state index in [0.717, 1.165) is 5.56 Å². The van der Waals surface area contributed by atoms with Crippen LogP contribution in [0.15, 0.2) is 23.6 Å². The average Bonchev–Trinajstić information content (AvgIpc) is 2.79. The van der Waals surface area contributed by atoms with Crippen LogP contribution in [0.25, 0.3) is 11.4 Å². The highest BCUT2D eigenvalue weighted by molar-refractivity contribution is 7.89. The van der Waals surface area contributed by atoms with Crippen molar-refractivity contribution in [3.05, 3.63) is 24.0 Å². The van der Waals surface area contributed by atoms with Gasteiger partial charge in [-0.05, 0) is 18.6 Å². The molecule has 0 aliphatic rings. The number of methoxy groups -OCH3 is 1. The van der Waals surface area contributed by atoms with E-state index in [1.807, 2.05) is 13.0 Å². The molecule has 0 radical (unpaired) electrons. The van der Waals surface area contributed by atoms with Gasteiger partial charge in [-0.2, -0.15) is 0 Å². The number of nitrogens with two attached hydrogens (primary N) is 1. The standard InChI is InChI=1S/C11H15N5O3S/c1-8-5-9(7-13-6-8)10-14-15-11(20(12,17)18)16(10)3-4-19-2/h5-7H,3-4H2,1-2H3,(H2,12,17,18). The maximum Gasteiger partial charge on any atom is 0.273 e. The second-order valence-corrected chi connectivity index (χ2v) is 5.70. The van der Waals surface area contributed by atoms with E-state index in [0.29, 0.717) is 18.0 Å². The van der Waals surface area contributed by atoms with Gasteiger partial charge in [0.05, 0.1) is 13.2 Å². The fourth-order valence-electron chi connectivity index (χ4n) is 1.77. The number of nitrogens with zero attached hydrogens (tertiary/aromatic N) is 4. The molecule has 0 saturated carbocycles. The molecule has 0 spiro atoms. The maximum absolute atomic E-state index is 11.5. The Morgan fingerprint density at radius 3 is 2.70 bits per heavy atom. The average molecular weight is 297 g/mol. The molecule has 9 heteroatoms. The largest absolute Gasteiger partial charge is 0.383 e. The van der Waals surface area contributed by atoms with Gasteiger partial charge in [0.2, 0.25) is 0 Å². The molecule has 0 aromatic carbocycles. The highest BCUT2D eigenvalue weighted by Gasteiger charge is 2.22. The van der Waals surface area contributed by atoms with Crippen molar-refractivity contribution >= 4 is 10.0 Å². The summed E-state index contributed by atoms with van der Waals surface area (Å²) in [5.41, 5.74) is 1.60. The first-order chi connectivity index (χ1) is 9.43. The summed E-state index contributed by atoms with van der Waals surface area (Å²) < 4.78 is 29.4. The molecule has 0 fully saturated rings. The van der Waals surface area contributed by atoms with Gasteiger partial charge >= 0.3 is 0 Å². The van der Waals surface area contributed by atoms with Crippen molar-refractivity contribution in [3.63, 3.8) is 0 Å². The van der Waals surface area contributed by atoms with Crippen molar-refractivity contribution in [1.29, 1.82) is 0 Å². The van der Waals surface area contributed by atoms with Crippen LogP contribution >= 0.6 is 0 Å². The van der Waals surface area contributed by atoms with E-state index in [1.165, 1.54) is 11.7 Å². The summed E-state index contributed by atoms with van der Waals surface area (Å²) in [5.74, 6) is 0.391. The summed E-state index contributed by atoms with van der Waals surface area (Å²) in [5, 5.41) is 12.4. The quantitative estimate of drug-likeness (QED) is 0.827. The Morgan fingerprint density at radius 2 is 2.10 bits per heavy atom. The Kier molecular flexibility index (Phi) is 4.12. The lowest BCUT2D eigenvalue weighted by Crippen LogP contribution is -2.20. The SMILES string of the molecule is COCCn1c(-c2cncc(C)c2)nnc1S(N)(=O)=O. The lowest BCUT2D eigenvalue weighted by molar-refractivity contribution is 0.185. The number of hydrogen-bond donors (Lipinski definition) is 1. The number of sulfonamides is 1. The van der Waals surface area contributed by atoms with Gasteiger partial charge in [0.15, 0.2) is 5.82 Å². The molecule has 0 aliphatic heterocycles. The van der Waals surface area contributed by atoms with Gasteiger partial charge in [0, 0.05) is 25.1 Å². The fraction of sp³-hybridized carbons (Fsp3) is 0.364. The Balaban J connectivity index is 2.56. The molecule has 0 amide bonds. The van der Waals surface area contributed by atoms with Crippen molar-refractivity contribution in [2.24, 2.45) is 5.14 Å². The monoisotopic (exact) mass is 297 g/mol. The van der Waals surface area contributed by atoms with Gasteiger partial charge < -0.3 is 4.74 Å². The van der Waals surface area contributed by atoms with Crippen LogP contribution in [-0.2, 0) is 21.3 Å². The summed E-state index contributed by atoms with van der Waals surface area (Å²) in [4.78, 5) is 4.06. The van der Waals surface area contributed by atoms with E-state index in [9.17, 15) is 8.42 Å². The summed E-state index contributed by atoms with van der Waals surface area (Å²) in [6, 6.07) is 1.84. The maximum atomic E-state index is 11.5. The van der Waals surface area contributed by atoms with Crippen LogP contribution in [0.2, 0.25) is 0 Å². The second kappa shape index (κ2) is 5.65. The lowest BCUT2D eigenvalue weighted by atomic mass is 10.2. The third-order valence-corrected chi connectivity index (χ3v) is 3.43. The molecule has 2 aromatic rings. The number of pyridine rings is 1. The first-order valence-corrected chi connectivity index (χ1v) is 7.35. The number of aryl methyl sites for hydroxylation is 1. The molecule has 108 valence electrons. The van der Waals surface area contributed by atoms with Gasteiger partial charge in [-0.3, -0.25) is 9.55 Å². The van der Waals surface area contributed by atoms with Crippen molar-refractivity contribution in [2.45, 2.75) is 18.6 Å². The van der Waals surface area contributed by atoms with E-state index in [4.69, 9.17) is 9.88 Å². The van der Waals surface area contributed by atoms with Crippen LogP contribution in [0.1, 0.15) is 5.56 Å². The Hall–Kier alpha value is -1.84. The highest BCUT2D eigenvalue weighted by atomic mass is 32.2. The predicted octanol–water partition coefficient (Wildman–Crippen LogP) is -0.0577. The van der Waals surface area contributed by atoms with E-state index in [2.05, 4.69) is 15.2 Å². The van der Waals surface area contributed by atoms with Crippen LogP contribution in [-0.4, -0.2) is 41.9 Å². The van der Waals surface area contributed by atoms with Crippen LogP contribution < -0.4 is 5.14 Å². The number of aromatic nitrogens is 4. The summed E-state index contributed by atoms with van der Waals surface area (Å²) in [6.07, 6.45) is 3.28. The topological polar surface area (TPSA) is 113 Å². The summed E-state index contributed by atoms with van der Waals surface area (Å²) in [6.45, 7) is 2.47. The Morgan fingerprint density at radius 1 is 1.35 bits per heavy atom. The first kappa shape index (κ1) is 14.6. The number of hydrogen-bond acceptors (Lipinski definition) is 6. The molecular weight excluding hydrogens is 282 g/mol. The predicted molar refractivity (Wildman–Crippen MR) is 71.2 cm³/mol. The number of primary sulfonamides is 1. The summed E-state index contributed by atoms with van der Waals surface area (Å²) in [7, 11) is -2.43. The molecule has 20 heavy (non-hydrogen) atoms. The zero-order valence-electron chi connectivity index (χ0n) is 11.1. The van der Waals surface area contributed by atoms with Crippen molar-refractivity contribution in [2.75, 3.05) is 13.7 Å². The minimum absolute atomic E-state index is 0.276. The van der Waals surface area contributed by atoms with Crippen molar-refractivity contribution in [3.8, 4) is 11.4 Å². The van der Waals surface area contributed by atoms with Crippen LogP contribution in [0.5, 0.6) is 0 Å². The van der Waals surface area contributed by atoms with Gasteiger partial charge in [-0.15, -0.1) is 10.2 Å². The molecule has 2 rings (SSSR count). The second-order valence-electron chi connectivity index (χ2n) is 4.25. The van der Waals surface area contributed by atoms with Gasteiger partial charge in [-0.25, -0.2) is 13.6 Å². The van der Waals surface area contributed by atoms with Crippen molar-refractivity contribution < 1.29 is 13.2 Å². The van der Waals surface area contributed by atoms with Gasteiger partial charge in [0.1, 0.15) is 0 Å². The zero-order valence-corrected chi connectivity index (χ0v) is 12.0. The van der Waals surface area contributed by atoms with Crippen LogP contribution in [0.3, 0.4) is 0 Å². The molecule has 2 heterocycles. The minimum atomic E-state index is -3.95. The summed E-state index contributed by atoms with van der Waals surface area (Å²) >= 11 is 0. The molecule has 2 N–H and O–H groups in total. The van der Waals surface area contributed by atoms with E-state index in [1.54, 1.807) is 12.4 Å². The van der Waals surface area contributed by atoms with Crippen LogP contribution in [0.4, 0.5) is 0 Å². The molecule has 8 nitrogen and oxygen atoms in total. The minimum Gasteiger partial charge on any atom is -0.383 e. The Labute approximate surface area is 116 Å². The third-order valence-electron chi connectivity index (χ3n) is 2.62. The van der Waals surface area contributed by atoms with Gasteiger partial charge in [0.25, 0.3) is 15.2 Å². The van der Waals surface area contributed by atoms with Crippen molar-refractivity contribution in [1.82, 2.24) is 19.7 Å². The first-order valence-electron chi connectivity index (χ1n) is 5.80. The zero-order chi connectivity index (χ0) is 14.8. The van der Waals surface area contributed by atoms with Gasteiger partial charge in [-0.1, -0.05) is 0 Å². The molecule has 2 aromatic heterocycles. The molecule has 0 saturated heterocycles. The third kappa shape index (κ3) is 3.00.